The second-order valence-electron chi connectivity index (χ2n) is 4.64. The minimum absolute atomic E-state index is 0.172. The van der Waals surface area contributed by atoms with Crippen LogP contribution in [0, 0.1) is 0 Å². The van der Waals surface area contributed by atoms with Crippen molar-refractivity contribution in [3.05, 3.63) is 0 Å². The van der Waals surface area contributed by atoms with Gasteiger partial charge in [0.1, 0.15) is 0 Å². The third-order valence-corrected chi connectivity index (χ3v) is 3.26. The monoisotopic (exact) mass is 262 g/mol. The molecule has 0 fully saturated rings. The van der Waals surface area contributed by atoms with Gasteiger partial charge >= 0.3 is 5.97 Å². The Hall–Kier alpha value is -0.240. The van der Waals surface area contributed by atoms with Crippen LogP contribution in [0.4, 0.5) is 0 Å². The minimum Gasteiger partial charge on any atom is -0.466 e. The molecule has 0 radical (unpaired) electrons. The van der Waals surface area contributed by atoms with Crippen LogP contribution in [0.2, 0.25) is 0 Å². The Labute approximate surface area is 111 Å². The van der Waals surface area contributed by atoms with Crippen molar-refractivity contribution in [2.45, 2.75) is 77.0 Å². The number of carbonyl (C=O) groups is 1. The largest absolute Gasteiger partial charge is 0.466 e. The van der Waals surface area contributed by atoms with Crippen LogP contribution in [-0.4, -0.2) is 18.0 Å². The molecule has 0 aromatic heterocycles. The van der Waals surface area contributed by atoms with Crippen molar-refractivity contribution in [3.8, 4) is 0 Å². The number of unbranched alkanes of at least 4 members (excludes halogenated alkanes) is 5. The maximum absolute atomic E-state index is 10.5. The van der Waals surface area contributed by atoms with E-state index in [9.17, 15) is 4.79 Å². The van der Waals surface area contributed by atoms with Gasteiger partial charge in [-0.2, -0.15) is 0 Å². The van der Waals surface area contributed by atoms with E-state index in [0.29, 0.717) is 12.0 Å². The van der Waals surface area contributed by atoms with Gasteiger partial charge in [0, 0.05) is 12.3 Å². The lowest BCUT2D eigenvalue weighted by atomic mass is 10.1. The van der Waals surface area contributed by atoms with Crippen LogP contribution in [0.1, 0.15) is 71.6 Å². The van der Waals surface area contributed by atoms with E-state index in [-0.39, 0.29) is 5.97 Å². The number of esters is 1. The van der Waals surface area contributed by atoms with Gasteiger partial charge in [0.2, 0.25) is 0 Å². The normalized spacial score (nSPS) is 12.4. The van der Waals surface area contributed by atoms with Gasteiger partial charge in [0.05, 0.1) is 6.61 Å². The molecule has 0 aliphatic rings. The summed E-state index contributed by atoms with van der Waals surface area (Å²) in [5.41, 5.74) is 0. The SMILES string of the molecule is CCCC(Cl)CCCCCCCCOC(C)=O. The van der Waals surface area contributed by atoms with Crippen molar-refractivity contribution in [2.24, 2.45) is 0 Å². The summed E-state index contributed by atoms with van der Waals surface area (Å²) in [5.74, 6) is -0.172. The van der Waals surface area contributed by atoms with Gasteiger partial charge in [-0.15, -0.1) is 11.6 Å². The third-order valence-electron chi connectivity index (χ3n) is 2.82. The molecule has 0 amide bonds. The summed E-state index contributed by atoms with van der Waals surface area (Å²) in [5, 5.41) is 0.379. The van der Waals surface area contributed by atoms with E-state index in [1.807, 2.05) is 0 Å². The van der Waals surface area contributed by atoms with Crippen LogP contribution < -0.4 is 0 Å². The number of hydrogen-bond donors (Lipinski definition) is 0. The standard InChI is InChI=1S/C14H27ClO2/c1-3-10-14(15)11-8-6-4-5-7-9-12-17-13(2)16/h14H,3-12H2,1-2H3. The fourth-order valence-corrected chi connectivity index (χ4v) is 2.22. The number of carbonyl (C=O) groups excluding carboxylic acids is 1. The third kappa shape index (κ3) is 13.7. The zero-order chi connectivity index (χ0) is 12.9. The average Bonchev–Trinajstić information content (AvgIpc) is 2.27. The van der Waals surface area contributed by atoms with Crippen molar-refractivity contribution in [3.63, 3.8) is 0 Å². The Morgan fingerprint density at radius 2 is 1.65 bits per heavy atom. The van der Waals surface area contributed by atoms with E-state index in [0.717, 1.165) is 25.7 Å². The molecule has 1 atom stereocenters. The number of alkyl halides is 1. The minimum atomic E-state index is -0.172. The first-order valence-electron chi connectivity index (χ1n) is 6.94. The average molecular weight is 263 g/mol. The second kappa shape index (κ2) is 12.2. The van der Waals surface area contributed by atoms with Crippen LogP contribution >= 0.6 is 11.6 Å². The molecule has 0 heterocycles. The van der Waals surface area contributed by atoms with E-state index in [1.54, 1.807) is 0 Å². The van der Waals surface area contributed by atoms with Crippen molar-refractivity contribution in [1.82, 2.24) is 0 Å². The second-order valence-corrected chi connectivity index (χ2v) is 5.25. The maximum Gasteiger partial charge on any atom is 0.302 e. The van der Waals surface area contributed by atoms with Crippen LogP contribution in [0.3, 0.4) is 0 Å². The van der Waals surface area contributed by atoms with Crippen molar-refractivity contribution in [1.29, 1.82) is 0 Å². The van der Waals surface area contributed by atoms with Gasteiger partial charge in [-0.25, -0.2) is 0 Å². The Bertz CT molecular complexity index is 183. The first-order chi connectivity index (χ1) is 8.16. The number of halogens is 1. The molecule has 0 N–H and O–H groups in total. The predicted molar refractivity (Wildman–Crippen MR) is 73.5 cm³/mol. The summed E-state index contributed by atoms with van der Waals surface area (Å²) in [6, 6.07) is 0. The molecule has 0 bridgehead atoms. The number of ether oxygens (including phenoxy) is 1. The molecule has 0 aliphatic heterocycles. The smallest absolute Gasteiger partial charge is 0.302 e. The highest BCUT2D eigenvalue weighted by Crippen LogP contribution is 2.15. The zero-order valence-electron chi connectivity index (χ0n) is 11.3. The lowest BCUT2D eigenvalue weighted by Gasteiger charge is -2.07. The molecule has 0 aromatic carbocycles. The zero-order valence-corrected chi connectivity index (χ0v) is 12.1. The summed E-state index contributed by atoms with van der Waals surface area (Å²) in [6.45, 7) is 4.22. The molecule has 0 spiro atoms. The van der Waals surface area contributed by atoms with Gasteiger partial charge in [-0.1, -0.05) is 45.4 Å². The number of hydrogen-bond acceptors (Lipinski definition) is 2. The molecule has 2 nitrogen and oxygen atoms in total. The van der Waals surface area contributed by atoms with E-state index in [1.165, 1.54) is 39.0 Å². The number of rotatable bonds is 11. The summed E-state index contributed by atoms with van der Waals surface area (Å²) < 4.78 is 4.87. The molecule has 0 saturated heterocycles. The summed E-state index contributed by atoms with van der Waals surface area (Å²) in [4.78, 5) is 10.5. The first kappa shape index (κ1) is 16.8. The lowest BCUT2D eigenvalue weighted by Crippen LogP contribution is -2.00. The highest BCUT2D eigenvalue weighted by atomic mass is 35.5. The predicted octanol–water partition coefficient (Wildman–Crippen LogP) is 4.69. The highest BCUT2D eigenvalue weighted by Gasteiger charge is 2.02. The maximum atomic E-state index is 10.5. The van der Waals surface area contributed by atoms with Gasteiger partial charge in [0.25, 0.3) is 0 Å². The molecule has 3 heteroatoms. The van der Waals surface area contributed by atoms with Crippen LogP contribution in [0.5, 0.6) is 0 Å². The molecular weight excluding hydrogens is 236 g/mol. The van der Waals surface area contributed by atoms with Crippen molar-refractivity contribution < 1.29 is 9.53 Å². The topological polar surface area (TPSA) is 26.3 Å². The molecule has 17 heavy (non-hydrogen) atoms. The Balaban J connectivity index is 3.05. The van der Waals surface area contributed by atoms with Crippen LogP contribution in [0.25, 0.3) is 0 Å². The quantitative estimate of drug-likeness (QED) is 0.307. The fraction of sp³-hybridized carbons (Fsp3) is 0.929. The molecule has 0 aliphatic carbocycles. The van der Waals surface area contributed by atoms with Crippen molar-refractivity contribution >= 4 is 17.6 Å². The summed E-state index contributed by atoms with van der Waals surface area (Å²) >= 11 is 6.14. The molecule has 0 rings (SSSR count). The van der Waals surface area contributed by atoms with Gasteiger partial charge in [-0.05, 0) is 19.3 Å². The van der Waals surface area contributed by atoms with E-state index < -0.39 is 0 Å². The Morgan fingerprint density at radius 3 is 2.24 bits per heavy atom. The van der Waals surface area contributed by atoms with Crippen LogP contribution in [0.15, 0.2) is 0 Å². The van der Waals surface area contributed by atoms with Crippen molar-refractivity contribution in [2.75, 3.05) is 6.61 Å². The Kier molecular flexibility index (Phi) is 12.1. The van der Waals surface area contributed by atoms with Gasteiger partial charge in [0.15, 0.2) is 0 Å². The molecular formula is C14H27ClO2. The van der Waals surface area contributed by atoms with E-state index in [2.05, 4.69) is 6.92 Å². The fourth-order valence-electron chi connectivity index (χ4n) is 1.85. The summed E-state index contributed by atoms with van der Waals surface area (Å²) in [7, 11) is 0. The summed E-state index contributed by atoms with van der Waals surface area (Å²) in [6.07, 6.45) is 10.7. The lowest BCUT2D eigenvalue weighted by molar-refractivity contribution is -0.141. The van der Waals surface area contributed by atoms with Gasteiger partial charge in [-0.3, -0.25) is 4.79 Å². The van der Waals surface area contributed by atoms with E-state index >= 15 is 0 Å². The first-order valence-corrected chi connectivity index (χ1v) is 7.38. The molecule has 0 aromatic rings. The van der Waals surface area contributed by atoms with Crippen LogP contribution in [-0.2, 0) is 9.53 Å². The molecule has 0 saturated carbocycles. The molecule has 1 unspecified atom stereocenters. The highest BCUT2D eigenvalue weighted by molar-refractivity contribution is 6.20. The Morgan fingerprint density at radius 1 is 1.06 bits per heavy atom. The molecule has 102 valence electrons. The van der Waals surface area contributed by atoms with E-state index in [4.69, 9.17) is 16.3 Å². The van der Waals surface area contributed by atoms with Gasteiger partial charge < -0.3 is 4.74 Å².